The third-order valence-electron chi connectivity index (χ3n) is 7.14. The average molecular weight is 522 g/mol. The van der Waals surface area contributed by atoms with Gasteiger partial charge in [-0.05, 0) is 61.0 Å². The molecule has 2 aromatic heterocycles. The van der Waals surface area contributed by atoms with E-state index in [2.05, 4.69) is 5.32 Å². The number of nitrogens with zero attached hydrogens (tertiary/aromatic N) is 4. The van der Waals surface area contributed by atoms with Crippen LogP contribution < -0.4 is 14.8 Å². The van der Waals surface area contributed by atoms with Crippen molar-refractivity contribution >= 4 is 11.7 Å². The maximum atomic E-state index is 14.5. The second-order valence-electron chi connectivity index (χ2n) is 9.52. The number of nitrogens with one attached hydrogen (secondary N) is 1. The van der Waals surface area contributed by atoms with Crippen LogP contribution in [0.3, 0.4) is 0 Å². The summed E-state index contributed by atoms with van der Waals surface area (Å²) in [5.74, 6) is 1.68. The van der Waals surface area contributed by atoms with Gasteiger partial charge in [0.2, 0.25) is 6.79 Å². The molecular weight excluding hydrogens is 497 g/mol. The molecule has 9 heteroatoms. The fourth-order valence-electron chi connectivity index (χ4n) is 5.35. The van der Waals surface area contributed by atoms with Gasteiger partial charge in [0.1, 0.15) is 11.6 Å². The molecule has 194 valence electrons. The van der Waals surface area contributed by atoms with E-state index in [0.717, 1.165) is 28.5 Å². The molecule has 2 amide bonds. The van der Waals surface area contributed by atoms with Gasteiger partial charge in [0.15, 0.2) is 11.5 Å². The first kappa shape index (κ1) is 23.1. The number of urea groups is 1. The fourth-order valence-corrected chi connectivity index (χ4v) is 5.35. The second kappa shape index (κ2) is 9.05. The van der Waals surface area contributed by atoms with E-state index < -0.39 is 6.04 Å². The molecule has 1 atom stereocenters. The number of carbonyl (C=O) groups excluding carboxylic acids is 1. The Labute approximate surface area is 223 Å². The van der Waals surface area contributed by atoms with Crippen LogP contribution >= 0.6 is 0 Å². The minimum Gasteiger partial charge on any atom is -0.454 e. The highest BCUT2D eigenvalue weighted by Crippen LogP contribution is 2.39. The van der Waals surface area contributed by atoms with Crippen LogP contribution in [0.5, 0.6) is 11.5 Å². The van der Waals surface area contributed by atoms with Gasteiger partial charge in [-0.2, -0.15) is 5.10 Å². The van der Waals surface area contributed by atoms with Crippen molar-refractivity contribution in [2.45, 2.75) is 19.5 Å². The van der Waals surface area contributed by atoms with Crippen molar-refractivity contribution in [2.24, 2.45) is 0 Å². The lowest BCUT2D eigenvalue weighted by molar-refractivity contribution is 0.174. The van der Waals surface area contributed by atoms with E-state index in [1.807, 2.05) is 70.9 Å². The molecule has 0 saturated carbocycles. The van der Waals surface area contributed by atoms with E-state index in [1.54, 1.807) is 29.2 Å². The van der Waals surface area contributed by atoms with E-state index in [0.29, 0.717) is 22.7 Å². The summed E-state index contributed by atoms with van der Waals surface area (Å²) < 4.78 is 29.4. The van der Waals surface area contributed by atoms with Gasteiger partial charge in [0, 0.05) is 23.5 Å². The molecule has 0 spiro atoms. The molecule has 0 bridgehead atoms. The molecule has 39 heavy (non-hydrogen) atoms. The van der Waals surface area contributed by atoms with Gasteiger partial charge in [-0.15, -0.1) is 0 Å². The normalized spacial score (nSPS) is 15.4. The van der Waals surface area contributed by atoms with Crippen molar-refractivity contribution in [3.05, 3.63) is 119 Å². The van der Waals surface area contributed by atoms with Gasteiger partial charge in [0.05, 0.1) is 29.7 Å². The lowest BCUT2D eigenvalue weighted by Gasteiger charge is -2.31. The summed E-state index contributed by atoms with van der Waals surface area (Å²) in [5, 5.41) is 7.88. The number of fused-ring (bicyclic) bond motifs is 4. The molecular formula is C30H24FN5O3. The highest BCUT2D eigenvalue weighted by Gasteiger charge is 2.36. The molecule has 2 aliphatic heterocycles. The first-order valence-corrected chi connectivity index (χ1v) is 12.6. The van der Waals surface area contributed by atoms with Gasteiger partial charge in [0.25, 0.3) is 0 Å². The molecule has 8 nitrogen and oxygen atoms in total. The van der Waals surface area contributed by atoms with E-state index >= 15 is 0 Å². The van der Waals surface area contributed by atoms with Gasteiger partial charge in [-0.1, -0.05) is 30.3 Å². The number of carbonyl (C=O) groups is 1. The van der Waals surface area contributed by atoms with Crippen LogP contribution in [0.4, 0.5) is 14.9 Å². The lowest BCUT2D eigenvalue weighted by atomic mass is 10.0. The van der Waals surface area contributed by atoms with Crippen LogP contribution in [0.15, 0.2) is 91.1 Å². The highest BCUT2D eigenvalue weighted by molar-refractivity contribution is 5.90. The van der Waals surface area contributed by atoms with Gasteiger partial charge in [-0.25, -0.2) is 13.9 Å². The summed E-state index contributed by atoms with van der Waals surface area (Å²) in [5.41, 5.74) is 4.65. The van der Waals surface area contributed by atoms with E-state index in [1.165, 1.54) is 12.1 Å². The third-order valence-corrected chi connectivity index (χ3v) is 7.14. The van der Waals surface area contributed by atoms with E-state index in [9.17, 15) is 9.18 Å². The average Bonchev–Trinajstić information content (AvgIpc) is 3.66. The number of rotatable bonds is 3. The topological polar surface area (TPSA) is 73.6 Å². The maximum absolute atomic E-state index is 14.5. The lowest BCUT2D eigenvalue weighted by Crippen LogP contribution is -2.38. The summed E-state index contributed by atoms with van der Waals surface area (Å²) in [6.07, 6.45) is 1.96. The van der Waals surface area contributed by atoms with Crippen LogP contribution in [-0.2, 0) is 6.54 Å². The fraction of sp³-hybridized carbons (Fsp3) is 0.133. The van der Waals surface area contributed by atoms with Crippen LogP contribution in [0.2, 0.25) is 0 Å². The van der Waals surface area contributed by atoms with Crippen molar-refractivity contribution in [1.29, 1.82) is 0 Å². The quantitative estimate of drug-likeness (QED) is 0.317. The molecule has 5 aromatic rings. The van der Waals surface area contributed by atoms with Gasteiger partial charge < -0.3 is 24.3 Å². The Morgan fingerprint density at radius 2 is 1.82 bits per heavy atom. The van der Waals surface area contributed by atoms with Crippen molar-refractivity contribution in [2.75, 3.05) is 12.1 Å². The van der Waals surface area contributed by atoms with Crippen molar-refractivity contribution in [3.63, 3.8) is 0 Å². The number of amides is 2. The molecule has 3 aromatic carbocycles. The number of hydrogen-bond acceptors (Lipinski definition) is 4. The monoisotopic (exact) mass is 521 g/mol. The van der Waals surface area contributed by atoms with Gasteiger partial charge in [-0.3, -0.25) is 0 Å². The Bertz CT molecular complexity index is 1710. The Morgan fingerprint density at radius 3 is 2.67 bits per heavy atom. The summed E-state index contributed by atoms with van der Waals surface area (Å²) in [7, 11) is 0. The number of anilines is 1. The van der Waals surface area contributed by atoms with E-state index in [-0.39, 0.29) is 25.2 Å². The summed E-state index contributed by atoms with van der Waals surface area (Å²) in [6, 6.07) is 24.5. The molecule has 7 rings (SSSR count). The first-order chi connectivity index (χ1) is 19.1. The summed E-state index contributed by atoms with van der Waals surface area (Å²) in [4.78, 5) is 15.8. The predicted octanol–water partition coefficient (Wildman–Crippen LogP) is 5.98. The zero-order valence-electron chi connectivity index (χ0n) is 21.0. The number of benzene rings is 3. The number of aryl methyl sites for hydroxylation is 1. The number of ether oxygens (including phenoxy) is 2. The second-order valence-corrected chi connectivity index (χ2v) is 9.52. The summed E-state index contributed by atoms with van der Waals surface area (Å²) in [6.45, 7) is 2.34. The minimum absolute atomic E-state index is 0.144. The summed E-state index contributed by atoms with van der Waals surface area (Å²) >= 11 is 0. The van der Waals surface area contributed by atoms with Crippen LogP contribution in [0, 0.1) is 12.7 Å². The third kappa shape index (κ3) is 3.90. The van der Waals surface area contributed by atoms with Crippen molar-refractivity contribution in [1.82, 2.24) is 19.2 Å². The predicted molar refractivity (Wildman–Crippen MR) is 143 cm³/mol. The van der Waals surface area contributed by atoms with E-state index in [4.69, 9.17) is 14.6 Å². The number of para-hydroxylation sites is 1. The largest absolute Gasteiger partial charge is 0.454 e. The van der Waals surface area contributed by atoms with Crippen molar-refractivity contribution < 1.29 is 18.7 Å². The molecule has 0 aliphatic carbocycles. The van der Waals surface area contributed by atoms with Crippen molar-refractivity contribution in [3.8, 4) is 23.0 Å². The first-order valence-electron chi connectivity index (χ1n) is 12.6. The van der Waals surface area contributed by atoms with Crippen LogP contribution in [0.25, 0.3) is 11.5 Å². The molecule has 4 heterocycles. The standard InChI is InChI=1S/C30H24FN5O3/c1-19-24-17-35(30(37)32-22-12-13-26-27(16-22)39-18-38-26)28(20-7-5-8-21(31)15-20)25-11-6-14-34(25)29(24)36(33-19)23-9-3-2-4-10-23/h2-16,28H,17-18H2,1H3,(H,32,37). The zero-order valence-corrected chi connectivity index (χ0v) is 21.0. The maximum Gasteiger partial charge on any atom is 0.322 e. The number of halogens is 1. The molecule has 1 N–H and O–H groups in total. The number of hydrogen-bond donors (Lipinski definition) is 1. The molecule has 0 radical (unpaired) electrons. The SMILES string of the molecule is Cc1nn(-c2ccccc2)c2c1CN(C(=O)Nc1ccc3c(c1)OCO3)C(c1cccc(F)c1)c1cccn1-2. The van der Waals surface area contributed by atoms with Gasteiger partial charge >= 0.3 is 6.03 Å². The Hall–Kier alpha value is -5.05. The zero-order chi connectivity index (χ0) is 26.5. The van der Waals surface area contributed by atoms with Crippen LogP contribution in [-0.4, -0.2) is 32.1 Å². The minimum atomic E-state index is -0.569. The Morgan fingerprint density at radius 1 is 0.974 bits per heavy atom. The molecule has 0 fully saturated rings. The number of aromatic nitrogens is 3. The smallest absolute Gasteiger partial charge is 0.322 e. The Balaban J connectivity index is 1.38. The Kier molecular flexibility index (Phi) is 5.36. The molecule has 0 saturated heterocycles. The molecule has 1 unspecified atom stereocenters. The molecule has 2 aliphatic rings. The highest BCUT2D eigenvalue weighted by atomic mass is 19.1. The van der Waals surface area contributed by atoms with Crippen LogP contribution in [0.1, 0.15) is 28.6 Å².